The van der Waals surface area contributed by atoms with Gasteiger partial charge in [0, 0.05) is 12.4 Å². The average molecular weight is 367 g/mol. The molecule has 7 heteroatoms. The summed E-state index contributed by atoms with van der Waals surface area (Å²) in [6.07, 6.45) is -7.16. The van der Waals surface area contributed by atoms with Crippen LogP contribution in [0.15, 0.2) is 67.0 Å². The fraction of sp³-hybridized carbons (Fsp3) is 0.105. The van der Waals surface area contributed by atoms with Gasteiger partial charge in [-0.1, -0.05) is 30.3 Å². The number of aromatic nitrogens is 1. The van der Waals surface area contributed by atoms with Crippen molar-refractivity contribution in [3.8, 4) is 22.3 Å². The summed E-state index contributed by atoms with van der Waals surface area (Å²) in [6, 6.07) is 10.8. The third kappa shape index (κ3) is 3.56. The smallest absolute Gasteiger partial charge is 0.265 e. The van der Waals surface area contributed by atoms with Crippen LogP contribution in [-0.2, 0) is 12.4 Å². The number of benzene rings is 2. The SMILES string of the molecule is FC(F)(F)c1cc(-c2ccncc2)c(C(F)(F)F)cc1-c1ccccc1. The molecule has 0 amide bonds. The summed E-state index contributed by atoms with van der Waals surface area (Å²) < 4.78 is 81.4. The van der Waals surface area contributed by atoms with Crippen molar-refractivity contribution in [2.24, 2.45) is 0 Å². The highest BCUT2D eigenvalue weighted by Gasteiger charge is 2.39. The lowest BCUT2D eigenvalue weighted by molar-refractivity contribution is -0.140. The van der Waals surface area contributed by atoms with Crippen LogP contribution in [0.4, 0.5) is 26.3 Å². The summed E-state index contributed by atoms with van der Waals surface area (Å²) >= 11 is 0. The Morgan fingerprint density at radius 1 is 0.577 bits per heavy atom. The van der Waals surface area contributed by atoms with Crippen LogP contribution >= 0.6 is 0 Å². The maximum atomic E-state index is 13.6. The van der Waals surface area contributed by atoms with E-state index in [1.165, 1.54) is 48.8 Å². The summed E-state index contributed by atoms with van der Waals surface area (Å²) in [5.41, 5.74) is -3.22. The van der Waals surface area contributed by atoms with E-state index in [0.29, 0.717) is 12.1 Å². The summed E-state index contributed by atoms with van der Waals surface area (Å²) in [4.78, 5) is 3.70. The fourth-order valence-corrected chi connectivity index (χ4v) is 2.70. The molecule has 3 rings (SSSR count). The topological polar surface area (TPSA) is 12.9 Å². The van der Waals surface area contributed by atoms with Crippen molar-refractivity contribution in [1.82, 2.24) is 4.98 Å². The van der Waals surface area contributed by atoms with Gasteiger partial charge in [0.05, 0.1) is 11.1 Å². The molecule has 1 aromatic heterocycles. The van der Waals surface area contributed by atoms with Crippen LogP contribution in [0.2, 0.25) is 0 Å². The maximum absolute atomic E-state index is 13.6. The second-order valence-electron chi connectivity index (χ2n) is 5.54. The van der Waals surface area contributed by atoms with E-state index < -0.39 is 34.6 Å². The zero-order valence-corrected chi connectivity index (χ0v) is 13.1. The summed E-state index contributed by atoms with van der Waals surface area (Å²) in [7, 11) is 0. The predicted octanol–water partition coefficient (Wildman–Crippen LogP) is 6.45. The number of hydrogen-bond donors (Lipinski definition) is 0. The third-order valence-corrected chi connectivity index (χ3v) is 3.84. The van der Waals surface area contributed by atoms with Gasteiger partial charge in [-0.3, -0.25) is 4.98 Å². The number of pyridine rings is 1. The largest absolute Gasteiger partial charge is 0.417 e. The first-order valence-corrected chi connectivity index (χ1v) is 7.46. The predicted molar refractivity (Wildman–Crippen MR) is 85.1 cm³/mol. The van der Waals surface area contributed by atoms with Crippen molar-refractivity contribution >= 4 is 0 Å². The number of rotatable bonds is 2. The minimum Gasteiger partial charge on any atom is -0.265 e. The highest BCUT2D eigenvalue weighted by molar-refractivity contribution is 5.77. The van der Waals surface area contributed by atoms with E-state index in [0.717, 1.165) is 0 Å². The van der Waals surface area contributed by atoms with Gasteiger partial charge in [-0.15, -0.1) is 0 Å². The minimum atomic E-state index is -4.81. The minimum absolute atomic E-state index is 0.0115. The summed E-state index contributed by atoms with van der Waals surface area (Å²) in [5.74, 6) is 0. The van der Waals surface area contributed by atoms with Gasteiger partial charge in [0.25, 0.3) is 0 Å². The van der Waals surface area contributed by atoms with Gasteiger partial charge in [0.15, 0.2) is 0 Å². The molecule has 0 saturated carbocycles. The standard InChI is InChI=1S/C19H11F6N/c20-18(21,22)16-11-15(13-6-8-26-9-7-13)17(19(23,24)25)10-14(16)12-4-2-1-3-5-12/h1-11H. The van der Waals surface area contributed by atoms with Crippen molar-refractivity contribution < 1.29 is 26.3 Å². The van der Waals surface area contributed by atoms with Crippen molar-refractivity contribution in [3.05, 3.63) is 78.1 Å². The van der Waals surface area contributed by atoms with Crippen LogP contribution in [0.1, 0.15) is 11.1 Å². The molecule has 0 unspecified atom stereocenters. The first kappa shape index (κ1) is 18.0. The van der Waals surface area contributed by atoms with Gasteiger partial charge >= 0.3 is 12.4 Å². The molecule has 0 fully saturated rings. The van der Waals surface area contributed by atoms with Gasteiger partial charge < -0.3 is 0 Å². The van der Waals surface area contributed by atoms with Gasteiger partial charge in [-0.05, 0) is 46.5 Å². The fourth-order valence-electron chi connectivity index (χ4n) is 2.70. The first-order valence-electron chi connectivity index (χ1n) is 7.46. The lowest BCUT2D eigenvalue weighted by Crippen LogP contribution is -2.13. The van der Waals surface area contributed by atoms with Gasteiger partial charge in [-0.25, -0.2) is 0 Å². The molecule has 0 aliphatic carbocycles. The Hall–Kier alpha value is -2.83. The van der Waals surface area contributed by atoms with Crippen LogP contribution in [0, 0.1) is 0 Å². The Morgan fingerprint density at radius 3 is 1.42 bits per heavy atom. The second-order valence-corrected chi connectivity index (χ2v) is 5.54. The Bertz CT molecular complexity index is 822. The molecule has 3 aromatic rings. The van der Waals surface area contributed by atoms with Crippen molar-refractivity contribution in [2.45, 2.75) is 12.4 Å². The van der Waals surface area contributed by atoms with Crippen molar-refractivity contribution in [2.75, 3.05) is 0 Å². The molecule has 26 heavy (non-hydrogen) atoms. The van der Waals surface area contributed by atoms with Gasteiger partial charge in [-0.2, -0.15) is 26.3 Å². The quantitative estimate of drug-likeness (QED) is 0.474. The van der Waals surface area contributed by atoms with Crippen molar-refractivity contribution in [3.63, 3.8) is 0 Å². The molecule has 1 heterocycles. The third-order valence-electron chi connectivity index (χ3n) is 3.84. The number of nitrogens with zero attached hydrogens (tertiary/aromatic N) is 1. The van der Waals surface area contributed by atoms with Crippen LogP contribution in [0.3, 0.4) is 0 Å². The molecule has 0 spiro atoms. The van der Waals surface area contributed by atoms with E-state index in [1.807, 2.05) is 0 Å². The molecule has 0 radical (unpaired) electrons. The molecule has 0 N–H and O–H groups in total. The molecule has 0 aliphatic heterocycles. The Morgan fingerprint density at radius 2 is 1.00 bits per heavy atom. The van der Waals surface area contributed by atoms with Crippen LogP contribution in [-0.4, -0.2) is 4.98 Å². The molecule has 0 bridgehead atoms. The lowest BCUT2D eigenvalue weighted by Gasteiger charge is -2.20. The second kappa shape index (κ2) is 6.48. The maximum Gasteiger partial charge on any atom is 0.417 e. The summed E-state index contributed by atoms with van der Waals surface area (Å²) in [5, 5.41) is 0. The lowest BCUT2D eigenvalue weighted by atomic mass is 9.90. The monoisotopic (exact) mass is 367 g/mol. The van der Waals surface area contributed by atoms with Gasteiger partial charge in [0.1, 0.15) is 0 Å². The molecular weight excluding hydrogens is 356 g/mol. The molecule has 134 valence electrons. The van der Waals surface area contributed by atoms with Crippen LogP contribution in [0.25, 0.3) is 22.3 Å². The number of hydrogen-bond acceptors (Lipinski definition) is 1. The van der Waals surface area contributed by atoms with E-state index in [4.69, 9.17) is 0 Å². The molecule has 1 nitrogen and oxygen atoms in total. The Balaban J connectivity index is 2.37. The zero-order chi connectivity index (χ0) is 18.9. The zero-order valence-electron chi connectivity index (χ0n) is 13.1. The number of halogens is 6. The first-order chi connectivity index (χ1) is 12.2. The molecular formula is C19H11F6N. The van der Waals surface area contributed by atoms with Gasteiger partial charge in [0.2, 0.25) is 0 Å². The average Bonchev–Trinajstić information content (AvgIpc) is 2.60. The molecule has 2 aromatic carbocycles. The van der Waals surface area contributed by atoms with E-state index >= 15 is 0 Å². The van der Waals surface area contributed by atoms with E-state index in [2.05, 4.69) is 4.98 Å². The highest BCUT2D eigenvalue weighted by atomic mass is 19.4. The Kier molecular flexibility index (Phi) is 4.48. The van der Waals surface area contributed by atoms with E-state index in [-0.39, 0.29) is 11.1 Å². The van der Waals surface area contributed by atoms with Crippen molar-refractivity contribution in [1.29, 1.82) is 0 Å². The normalized spacial score (nSPS) is 12.2. The Labute approximate surface area is 144 Å². The molecule has 0 atom stereocenters. The highest BCUT2D eigenvalue weighted by Crippen LogP contribution is 2.45. The molecule has 0 aliphatic rings. The van der Waals surface area contributed by atoms with E-state index in [9.17, 15) is 26.3 Å². The van der Waals surface area contributed by atoms with Crippen LogP contribution < -0.4 is 0 Å². The summed E-state index contributed by atoms with van der Waals surface area (Å²) in [6.45, 7) is 0. The van der Waals surface area contributed by atoms with Crippen LogP contribution in [0.5, 0.6) is 0 Å². The van der Waals surface area contributed by atoms with E-state index in [1.54, 1.807) is 6.07 Å². The molecule has 0 saturated heterocycles. The number of alkyl halides is 6.